The third-order valence-electron chi connectivity index (χ3n) is 4.57. The SMILES string of the molecule is CCC(CC)N(CCO)c1nc2c(cc1CN)CCCC2. The Kier molecular flexibility index (Phi) is 6.00. The first-order valence-electron chi connectivity index (χ1n) is 8.34. The van der Waals surface area contributed by atoms with E-state index in [1.54, 1.807) is 0 Å². The number of hydrogen-bond acceptors (Lipinski definition) is 4. The lowest BCUT2D eigenvalue weighted by molar-refractivity contribution is 0.295. The maximum Gasteiger partial charge on any atom is 0.133 e. The smallest absolute Gasteiger partial charge is 0.133 e. The number of aryl methyl sites for hydroxylation is 2. The van der Waals surface area contributed by atoms with Crippen LogP contribution in [0.2, 0.25) is 0 Å². The highest BCUT2D eigenvalue weighted by Crippen LogP contribution is 2.28. The van der Waals surface area contributed by atoms with E-state index >= 15 is 0 Å². The van der Waals surface area contributed by atoms with Gasteiger partial charge in [0.15, 0.2) is 0 Å². The molecule has 3 N–H and O–H groups in total. The predicted molar refractivity (Wildman–Crippen MR) is 87.6 cm³/mol. The fourth-order valence-corrected chi connectivity index (χ4v) is 3.37. The van der Waals surface area contributed by atoms with Gasteiger partial charge in [0.1, 0.15) is 5.82 Å². The maximum atomic E-state index is 9.44. The van der Waals surface area contributed by atoms with Crippen molar-refractivity contribution in [2.45, 2.75) is 65.0 Å². The summed E-state index contributed by atoms with van der Waals surface area (Å²) in [5.41, 5.74) is 9.71. The second-order valence-electron chi connectivity index (χ2n) is 5.88. The number of anilines is 1. The molecule has 0 saturated carbocycles. The summed E-state index contributed by atoms with van der Waals surface area (Å²) in [7, 11) is 0. The monoisotopic (exact) mass is 291 g/mol. The molecule has 0 atom stereocenters. The van der Waals surface area contributed by atoms with Crippen LogP contribution in [0.15, 0.2) is 6.07 Å². The van der Waals surface area contributed by atoms with E-state index in [1.165, 1.54) is 24.1 Å². The number of hydrogen-bond donors (Lipinski definition) is 2. The van der Waals surface area contributed by atoms with Crippen LogP contribution in [0.5, 0.6) is 0 Å². The van der Waals surface area contributed by atoms with Gasteiger partial charge in [-0.15, -0.1) is 0 Å². The van der Waals surface area contributed by atoms with Crippen molar-refractivity contribution in [3.8, 4) is 0 Å². The molecule has 4 nitrogen and oxygen atoms in total. The zero-order chi connectivity index (χ0) is 15.2. The minimum atomic E-state index is 0.152. The van der Waals surface area contributed by atoms with Gasteiger partial charge in [-0.2, -0.15) is 0 Å². The summed E-state index contributed by atoms with van der Waals surface area (Å²) in [6.07, 6.45) is 6.79. The van der Waals surface area contributed by atoms with E-state index in [9.17, 15) is 5.11 Å². The number of rotatable bonds is 7. The van der Waals surface area contributed by atoms with Gasteiger partial charge in [0.05, 0.1) is 6.61 Å². The van der Waals surface area contributed by atoms with Crippen molar-refractivity contribution in [1.29, 1.82) is 0 Å². The van der Waals surface area contributed by atoms with Gasteiger partial charge < -0.3 is 15.7 Å². The predicted octanol–water partition coefficient (Wildman–Crippen LogP) is 2.41. The molecule has 21 heavy (non-hydrogen) atoms. The lowest BCUT2D eigenvalue weighted by Crippen LogP contribution is -2.38. The zero-order valence-corrected chi connectivity index (χ0v) is 13.4. The first kappa shape index (κ1) is 16.2. The summed E-state index contributed by atoms with van der Waals surface area (Å²) < 4.78 is 0. The van der Waals surface area contributed by atoms with Crippen LogP contribution in [0.3, 0.4) is 0 Å². The molecule has 1 aromatic heterocycles. The fraction of sp³-hybridized carbons (Fsp3) is 0.706. The van der Waals surface area contributed by atoms with E-state index in [4.69, 9.17) is 10.7 Å². The third kappa shape index (κ3) is 3.55. The lowest BCUT2D eigenvalue weighted by atomic mass is 9.94. The highest BCUT2D eigenvalue weighted by Gasteiger charge is 2.22. The molecule has 1 aliphatic carbocycles. The molecule has 0 spiro atoms. The molecule has 0 fully saturated rings. The Balaban J connectivity index is 2.42. The molecule has 0 aliphatic heterocycles. The average molecular weight is 291 g/mol. The molecule has 0 amide bonds. The zero-order valence-electron chi connectivity index (χ0n) is 13.4. The molecule has 1 heterocycles. The van der Waals surface area contributed by atoms with Crippen LogP contribution in [0.25, 0.3) is 0 Å². The molecule has 0 unspecified atom stereocenters. The molecule has 0 aromatic carbocycles. The number of aromatic nitrogens is 1. The number of nitrogens with zero attached hydrogens (tertiary/aromatic N) is 2. The summed E-state index contributed by atoms with van der Waals surface area (Å²) in [4.78, 5) is 7.22. The van der Waals surface area contributed by atoms with Gasteiger partial charge in [0, 0.05) is 30.4 Å². The molecular formula is C17H29N3O. The van der Waals surface area contributed by atoms with Crippen LogP contribution < -0.4 is 10.6 Å². The van der Waals surface area contributed by atoms with Crippen molar-refractivity contribution < 1.29 is 5.11 Å². The first-order chi connectivity index (χ1) is 10.2. The first-order valence-corrected chi connectivity index (χ1v) is 8.34. The summed E-state index contributed by atoms with van der Waals surface area (Å²) in [5.74, 6) is 1.00. The largest absolute Gasteiger partial charge is 0.395 e. The summed E-state index contributed by atoms with van der Waals surface area (Å²) in [6, 6.07) is 2.67. The molecule has 0 saturated heterocycles. The second-order valence-corrected chi connectivity index (χ2v) is 5.88. The molecule has 0 radical (unpaired) electrons. The topological polar surface area (TPSA) is 62.4 Å². The second kappa shape index (κ2) is 7.76. The van der Waals surface area contributed by atoms with E-state index in [1.807, 2.05) is 0 Å². The molecule has 1 aliphatic rings. The van der Waals surface area contributed by atoms with Crippen molar-refractivity contribution in [2.24, 2.45) is 5.73 Å². The van der Waals surface area contributed by atoms with Gasteiger partial charge in [-0.05, 0) is 50.2 Å². The molecular weight excluding hydrogens is 262 g/mol. The Bertz CT molecular complexity index is 458. The van der Waals surface area contributed by atoms with Crippen molar-refractivity contribution >= 4 is 5.82 Å². The van der Waals surface area contributed by atoms with Gasteiger partial charge in [-0.25, -0.2) is 4.98 Å². The fourth-order valence-electron chi connectivity index (χ4n) is 3.37. The quantitative estimate of drug-likeness (QED) is 0.810. The maximum absolute atomic E-state index is 9.44. The summed E-state index contributed by atoms with van der Waals surface area (Å²) >= 11 is 0. The van der Waals surface area contributed by atoms with E-state index < -0.39 is 0 Å². The Morgan fingerprint density at radius 2 is 2.00 bits per heavy atom. The number of pyridine rings is 1. The number of aliphatic hydroxyl groups is 1. The van der Waals surface area contributed by atoms with E-state index in [2.05, 4.69) is 24.8 Å². The van der Waals surface area contributed by atoms with Crippen molar-refractivity contribution in [2.75, 3.05) is 18.1 Å². The van der Waals surface area contributed by atoms with Gasteiger partial charge in [-0.3, -0.25) is 0 Å². The van der Waals surface area contributed by atoms with E-state index in [-0.39, 0.29) is 6.61 Å². The average Bonchev–Trinajstić information content (AvgIpc) is 2.53. The highest BCUT2D eigenvalue weighted by atomic mass is 16.3. The molecule has 0 bridgehead atoms. The van der Waals surface area contributed by atoms with Crippen molar-refractivity contribution in [3.63, 3.8) is 0 Å². The van der Waals surface area contributed by atoms with Crippen LogP contribution >= 0.6 is 0 Å². The third-order valence-corrected chi connectivity index (χ3v) is 4.57. The molecule has 1 aromatic rings. The highest BCUT2D eigenvalue weighted by molar-refractivity contribution is 5.51. The molecule has 2 rings (SSSR count). The lowest BCUT2D eigenvalue weighted by Gasteiger charge is -2.33. The minimum absolute atomic E-state index is 0.152. The van der Waals surface area contributed by atoms with Crippen molar-refractivity contribution in [3.05, 3.63) is 22.9 Å². The van der Waals surface area contributed by atoms with Gasteiger partial charge in [-0.1, -0.05) is 13.8 Å². The van der Waals surface area contributed by atoms with Crippen molar-refractivity contribution in [1.82, 2.24) is 4.98 Å². The van der Waals surface area contributed by atoms with Crippen LogP contribution in [-0.4, -0.2) is 29.3 Å². The summed E-state index contributed by atoms with van der Waals surface area (Å²) in [6.45, 7) is 5.68. The van der Waals surface area contributed by atoms with Crippen LogP contribution in [-0.2, 0) is 19.4 Å². The number of aliphatic hydroxyl groups excluding tert-OH is 1. The Morgan fingerprint density at radius 3 is 2.62 bits per heavy atom. The molecule has 4 heteroatoms. The van der Waals surface area contributed by atoms with Crippen LogP contribution in [0.1, 0.15) is 56.4 Å². The number of fused-ring (bicyclic) bond motifs is 1. The minimum Gasteiger partial charge on any atom is -0.395 e. The molecule has 118 valence electrons. The Morgan fingerprint density at radius 1 is 1.29 bits per heavy atom. The normalized spacial score (nSPS) is 14.3. The van der Waals surface area contributed by atoms with Crippen LogP contribution in [0.4, 0.5) is 5.82 Å². The van der Waals surface area contributed by atoms with Crippen LogP contribution in [0, 0.1) is 0 Å². The van der Waals surface area contributed by atoms with E-state index in [0.29, 0.717) is 19.1 Å². The summed E-state index contributed by atoms with van der Waals surface area (Å²) in [5, 5.41) is 9.44. The standard InChI is InChI=1S/C17H29N3O/c1-3-15(4-2)20(9-10-21)17-14(12-18)11-13-7-5-6-8-16(13)19-17/h11,15,21H,3-10,12,18H2,1-2H3. The van der Waals surface area contributed by atoms with Gasteiger partial charge in [0.25, 0.3) is 0 Å². The van der Waals surface area contributed by atoms with Gasteiger partial charge in [0.2, 0.25) is 0 Å². The van der Waals surface area contributed by atoms with Gasteiger partial charge >= 0.3 is 0 Å². The Labute approximate surface area is 128 Å². The number of nitrogens with two attached hydrogens (primary N) is 1. The van der Waals surface area contributed by atoms with E-state index in [0.717, 1.165) is 37.1 Å². The Hall–Kier alpha value is -1.13.